The summed E-state index contributed by atoms with van der Waals surface area (Å²) >= 11 is 0. The van der Waals surface area contributed by atoms with Gasteiger partial charge in [-0.05, 0) is 42.7 Å². The van der Waals surface area contributed by atoms with E-state index in [2.05, 4.69) is 30.6 Å². The van der Waals surface area contributed by atoms with Crippen molar-refractivity contribution in [3.8, 4) is 17.9 Å². The molecule has 0 aromatic heterocycles. The van der Waals surface area contributed by atoms with Gasteiger partial charge in [-0.25, -0.2) is 4.39 Å². The van der Waals surface area contributed by atoms with Crippen molar-refractivity contribution in [1.82, 2.24) is 0 Å². The molecule has 0 amide bonds. The van der Waals surface area contributed by atoms with Gasteiger partial charge in [-0.3, -0.25) is 0 Å². The van der Waals surface area contributed by atoms with Crippen molar-refractivity contribution in [3.63, 3.8) is 0 Å². The van der Waals surface area contributed by atoms with Gasteiger partial charge in [0.2, 0.25) is 0 Å². The van der Waals surface area contributed by atoms with Crippen LogP contribution in [-0.4, -0.2) is 0 Å². The highest BCUT2D eigenvalue weighted by atomic mass is 19.1. The van der Waals surface area contributed by atoms with E-state index in [1.165, 1.54) is 11.6 Å². The van der Waals surface area contributed by atoms with E-state index in [4.69, 9.17) is 5.26 Å². The molecule has 0 saturated heterocycles. The summed E-state index contributed by atoms with van der Waals surface area (Å²) in [6.07, 6.45) is 3.84. The molecule has 0 spiro atoms. The van der Waals surface area contributed by atoms with Crippen LogP contribution in [0.15, 0.2) is 67.3 Å². The highest BCUT2D eigenvalue weighted by molar-refractivity contribution is 5.89. The van der Waals surface area contributed by atoms with Crippen LogP contribution >= 0.6 is 0 Å². The Hall–Kier alpha value is -3.36. The molecule has 0 N–H and O–H groups in total. The van der Waals surface area contributed by atoms with Crippen LogP contribution in [0.25, 0.3) is 10.8 Å². The van der Waals surface area contributed by atoms with E-state index in [0.717, 1.165) is 24.0 Å². The van der Waals surface area contributed by atoms with Crippen molar-refractivity contribution < 1.29 is 4.39 Å². The highest BCUT2D eigenvalue weighted by Gasteiger charge is 2.08. The molecule has 0 aliphatic carbocycles. The first kappa shape index (κ1) is 16.5. The largest absolute Gasteiger partial charge is 0.205 e. The summed E-state index contributed by atoms with van der Waals surface area (Å²) in [6, 6.07) is 18.5. The molecule has 25 heavy (non-hydrogen) atoms. The van der Waals surface area contributed by atoms with Crippen LogP contribution < -0.4 is 0 Å². The average Bonchev–Trinajstić information content (AvgIpc) is 2.66. The van der Waals surface area contributed by atoms with Crippen LogP contribution in [0.4, 0.5) is 4.39 Å². The molecule has 3 rings (SSSR count). The zero-order valence-electron chi connectivity index (χ0n) is 13.7. The van der Waals surface area contributed by atoms with Gasteiger partial charge in [-0.15, -0.1) is 6.58 Å². The van der Waals surface area contributed by atoms with Crippen molar-refractivity contribution in [3.05, 3.63) is 95.3 Å². The minimum atomic E-state index is -0.491. The van der Waals surface area contributed by atoms with E-state index in [1.807, 2.05) is 30.3 Å². The van der Waals surface area contributed by atoms with Gasteiger partial charge in [0.15, 0.2) is 0 Å². The predicted octanol–water partition coefficient (Wildman–Crippen LogP) is 5.37. The summed E-state index contributed by atoms with van der Waals surface area (Å²) in [7, 11) is 0. The molecular formula is C23H16FN. The van der Waals surface area contributed by atoms with Gasteiger partial charge >= 0.3 is 0 Å². The Morgan fingerprint density at radius 1 is 0.920 bits per heavy atom. The number of hydrogen-bond donors (Lipinski definition) is 0. The van der Waals surface area contributed by atoms with E-state index in [1.54, 1.807) is 18.2 Å². The number of fused-ring (bicyclic) bond motifs is 1. The monoisotopic (exact) mass is 325 g/mol. The topological polar surface area (TPSA) is 23.8 Å². The summed E-state index contributed by atoms with van der Waals surface area (Å²) < 4.78 is 14.3. The highest BCUT2D eigenvalue weighted by Crippen LogP contribution is 2.23. The fourth-order valence-corrected chi connectivity index (χ4v) is 2.68. The van der Waals surface area contributed by atoms with Crippen molar-refractivity contribution in [2.75, 3.05) is 0 Å². The van der Waals surface area contributed by atoms with E-state index in [0.29, 0.717) is 10.8 Å². The lowest BCUT2D eigenvalue weighted by molar-refractivity contribution is 0.636. The van der Waals surface area contributed by atoms with Gasteiger partial charge in [0.05, 0.1) is 5.56 Å². The second-order valence-electron chi connectivity index (χ2n) is 5.71. The Balaban J connectivity index is 1.94. The lowest BCUT2D eigenvalue weighted by Crippen LogP contribution is -1.88. The molecule has 2 heteroatoms. The Morgan fingerprint density at radius 3 is 2.44 bits per heavy atom. The van der Waals surface area contributed by atoms with Crippen LogP contribution in [0.1, 0.15) is 28.7 Å². The first-order valence-electron chi connectivity index (χ1n) is 8.06. The first-order chi connectivity index (χ1) is 12.2. The summed E-state index contributed by atoms with van der Waals surface area (Å²) in [5.41, 5.74) is 2.96. The minimum Gasteiger partial charge on any atom is -0.205 e. The third-order valence-electron chi connectivity index (χ3n) is 4.05. The molecular weight excluding hydrogens is 309 g/mol. The van der Waals surface area contributed by atoms with E-state index in [9.17, 15) is 4.39 Å². The minimum absolute atomic E-state index is 0.0488. The Morgan fingerprint density at radius 2 is 1.72 bits per heavy atom. The smallest absolute Gasteiger partial charge is 0.148 e. The average molecular weight is 325 g/mol. The fourth-order valence-electron chi connectivity index (χ4n) is 2.68. The lowest BCUT2D eigenvalue weighted by Gasteiger charge is -2.03. The third kappa shape index (κ3) is 3.60. The molecule has 3 aromatic rings. The van der Waals surface area contributed by atoms with Crippen molar-refractivity contribution >= 4 is 10.8 Å². The molecule has 1 nitrogen and oxygen atoms in total. The maximum absolute atomic E-state index is 14.3. The molecule has 0 fully saturated rings. The summed E-state index contributed by atoms with van der Waals surface area (Å²) in [6.45, 7) is 3.73. The molecule has 0 aliphatic rings. The molecule has 0 radical (unpaired) electrons. The normalized spacial score (nSPS) is 9.92. The zero-order chi connectivity index (χ0) is 17.6. The first-order valence-corrected chi connectivity index (χ1v) is 8.06. The number of hydrogen-bond acceptors (Lipinski definition) is 1. The second kappa shape index (κ2) is 7.47. The Labute approximate surface area is 147 Å². The number of allylic oxidation sites excluding steroid dienone is 1. The van der Waals surface area contributed by atoms with Crippen LogP contribution in [0.5, 0.6) is 0 Å². The van der Waals surface area contributed by atoms with Gasteiger partial charge in [0.1, 0.15) is 11.9 Å². The van der Waals surface area contributed by atoms with Crippen LogP contribution in [0, 0.1) is 29.0 Å². The predicted molar refractivity (Wildman–Crippen MR) is 99.6 cm³/mol. The van der Waals surface area contributed by atoms with E-state index < -0.39 is 5.82 Å². The number of aryl methyl sites for hydroxylation is 1. The SMILES string of the molecule is C=CCCc1ccc(C#Cc2cccc3c(F)c(C#N)ccc23)cc1. The summed E-state index contributed by atoms with van der Waals surface area (Å²) in [4.78, 5) is 0. The van der Waals surface area contributed by atoms with Crippen molar-refractivity contribution in [2.45, 2.75) is 12.8 Å². The third-order valence-corrected chi connectivity index (χ3v) is 4.05. The molecule has 0 atom stereocenters. The number of benzene rings is 3. The van der Waals surface area contributed by atoms with Gasteiger partial charge in [0.25, 0.3) is 0 Å². The number of nitrogens with zero attached hydrogens (tertiary/aromatic N) is 1. The molecule has 0 bridgehead atoms. The summed E-state index contributed by atoms with van der Waals surface area (Å²) in [5, 5.41) is 10.1. The fraction of sp³-hybridized carbons (Fsp3) is 0.0870. The van der Waals surface area contributed by atoms with Crippen molar-refractivity contribution in [2.24, 2.45) is 0 Å². The van der Waals surface area contributed by atoms with Crippen molar-refractivity contribution in [1.29, 1.82) is 5.26 Å². The molecule has 0 heterocycles. The molecule has 0 saturated carbocycles. The molecule has 120 valence electrons. The van der Waals surface area contributed by atoms with E-state index in [-0.39, 0.29) is 5.56 Å². The van der Waals surface area contributed by atoms with Gasteiger partial charge in [0, 0.05) is 21.9 Å². The number of rotatable bonds is 3. The van der Waals surface area contributed by atoms with Gasteiger partial charge in [-0.1, -0.05) is 48.2 Å². The van der Waals surface area contributed by atoms with E-state index >= 15 is 0 Å². The number of halogens is 1. The number of nitriles is 1. The second-order valence-corrected chi connectivity index (χ2v) is 5.71. The van der Waals surface area contributed by atoms with Gasteiger partial charge < -0.3 is 0 Å². The van der Waals surface area contributed by atoms with Crippen LogP contribution in [-0.2, 0) is 6.42 Å². The molecule has 0 unspecified atom stereocenters. The Kier molecular flexibility index (Phi) is 4.93. The zero-order valence-corrected chi connectivity index (χ0v) is 13.7. The van der Waals surface area contributed by atoms with Crippen LogP contribution in [0.3, 0.4) is 0 Å². The molecule has 3 aromatic carbocycles. The summed E-state index contributed by atoms with van der Waals surface area (Å²) in [5.74, 6) is 5.75. The maximum Gasteiger partial charge on any atom is 0.148 e. The lowest BCUT2D eigenvalue weighted by atomic mass is 10.0. The van der Waals surface area contributed by atoms with Crippen LogP contribution in [0.2, 0.25) is 0 Å². The standard InChI is InChI=1S/C23H16FN/c1-2-3-5-17-8-10-18(11-9-17)12-13-19-6-4-7-22-21(19)15-14-20(16-25)23(22)24/h2,4,6-11,14-15H,1,3,5H2. The molecule has 0 aliphatic heterocycles. The van der Waals surface area contributed by atoms with Gasteiger partial charge in [-0.2, -0.15) is 5.26 Å². The Bertz CT molecular complexity index is 1030. The quantitative estimate of drug-likeness (QED) is 0.469. The maximum atomic E-state index is 14.3.